The summed E-state index contributed by atoms with van der Waals surface area (Å²) >= 11 is 9.69. The van der Waals surface area contributed by atoms with E-state index in [1.165, 1.54) is 0 Å². The largest absolute Gasteiger partial charge is 0.343 e. The number of nitrogens with zero attached hydrogens (tertiary/aromatic N) is 3. The molecule has 23 heavy (non-hydrogen) atoms. The summed E-state index contributed by atoms with van der Waals surface area (Å²) in [7, 11) is 0. The van der Waals surface area contributed by atoms with Gasteiger partial charge in [-0.3, -0.25) is 4.79 Å². The maximum absolute atomic E-state index is 12.4. The highest BCUT2D eigenvalue weighted by molar-refractivity contribution is 9.10. The Morgan fingerprint density at radius 1 is 1.39 bits per heavy atom. The average molecular weight is 394 g/mol. The van der Waals surface area contributed by atoms with Crippen LogP contribution in [0.25, 0.3) is 5.69 Å². The zero-order valence-electron chi connectivity index (χ0n) is 12.3. The number of carbonyl (C=O) groups excluding carboxylic acids is 1. The van der Waals surface area contributed by atoms with Crippen LogP contribution < -0.4 is 5.32 Å². The third kappa shape index (κ3) is 3.33. The monoisotopic (exact) mass is 392 g/mol. The van der Waals surface area contributed by atoms with E-state index < -0.39 is 0 Å². The van der Waals surface area contributed by atoms with Gasteiger partial charge in [-0.05, 0) is 47.1 Å². The molecule has 1 aromatic carbocycles. The lowest BCUT2D eigenvalue weighted by Gasteiger charge is -2.10. The van der Waals surface area contributed by atoms with Gasteiger partial charge in [0, 0.05) is 35.3 Å². The van der Waals surface area contributed by atoms with Crippen LogP contribution >= 0.6 is 27.5 Å². The minimum absolute atomic E-state index is 0.177. The highest BCUT2D eigenvalue weighted by Crippen LogP contribution is 2.25. The molecule has 2 aromatic heterocycles. The maximum Gasteiger partial charge on any atom is 0.272 e. The van der Waals surface area contributed by atoms with Crippen molar-refractivity contribution in [1.29, 1.82) is 0 Å². The molecule has 0 unspecified atom stereocenters. The van der Waals surface area contributed by atoms with Crippen molar-refractivity contribution in [3.8, 4) is 5.69 Å². The molecule has 0 radical (unpaired) electrons. The Balaban J connectivity index is 1.83. The van der Waals surface area contributed by atoms with E-state index in [0.29, 0.717) is 22.9 Å². The zero-order valence-corrected chi connectivity index (χ0v) is 14.7. The Labute approximate surface area is 147 Å². The molecule has 0 bridgehead atoms. The topological polar surface area (TPSA) is 51.9 Å². The molecule has 0 atom stereocenters. The van der Waals surface area contributed by atoms with Crippen molar-refractivity contribution < 1.29 is 4.79 Å². The van der Waals surface area contributed by atoms with Crippen molar-refractivity contribution >= 4 is 39.1 Å². The summed E-state index contributed by atoms with van der Waals surface area (Å²) in [5.74, 6) is -0.177. The number of aromatic nitrogens is 3. The number of imidazole rings is 1. The molecular weight excluding hydrogens is 380 g/mol. The summed E-state index contributed by atoms with van der Waals surface area (Å²) in [4.78, 5) is 16.4. The number of benzene rings is 1. The Morgan fingerprint density at radius 2 is 2.22 bits per heavy atom. The fourth-order valence-corrected chi connectivity index (χ4v) is 3.06. The van der Waals surface area contributed by atoms with Gasteiger partial charge in [-0.15, -0.1) is 0 Å². The Hall–Kier alpha value is -2.05. The van der Waals surface area contributed by atoms with E-state index in [1.54, 1.807) is 24.7 Å². The first-order chi connectivity index (χ1) is 11.1. The van der Waals surface area contributed by atoms with Gasteiger partial charge >= 0.3 is 0 Å². The molecule has 0 saturated heterocycles. The molecule has 1 N–H and O–H groups in total. The second-order valence-electron chi connectivity index (χ2n) is 4.92. The highest BCUT2D eigenvalue weighted by atomic mass is 79.9. The first-order valence-corrected chi connectivity index (χ1v) is 8.20. The zero-order chi connectivity index (χ0) is 16.4. The molecule has 5 nitrogen and oxygen atoms in total. The number of aryl methyl sites for hydroxylation is 1. The standard InChI is InChI=1S/C16H14BrClN4O/c1-2-21-9-11(17)7-15(21)16(23)20-12-3-4-14(13(18)8-12)22-6-5-19-10-22/h3-10H,2H2,1H3,(H,20,23). The summed E-state index contributed by atoms with van der Waals surface area (Å²) in [6.45, 7) is 2.70. The van der Waals surface area contributed by atoms with Crippen LogP contribution in [0.2, 0.25) is 5.02 Å². The summed E-state index contributed by atoms with van der Waals surface area (Å²) < 4.78 is 4.56. The first kappa shape index (κ1) is 15.8. The lowest BCUT2D eigenvalue weighted by Crippen LogP contribution is -2.16. The Kier molecular flexibility index (Phi) is 4.54. The van der Waals surface area contributed by atoms with Gasteiger partial charge in [0.1, 0.15) is 5.69 Å². The maximum atomic E-state index is 12.4. The van der Waals surface area contributed by atoms with Gasteiger partial charge in [0.25, 0.3) is 5.91 Å². The van der Waals surface area contributed by atoms with Crippen LogP contribution in [0.3, 0.4) is 0 Å². The van der Waals surface area contributed by atoms with E-state index in [0.717, 1.165) is 10.2 Å². The van der Waals surface area contributed by atoms with Crippen molar-refractivity contribution in [3.05, 3.63) is 64.4 Å². The average Bonchev–Trinajstić information content (AvgIpc) is 3.16. The van der Waals surface area contributed by atoms with Crippen LogP contribution in [0.1, 0.15) is 17.4 Å². The lowest BCUT2D eigenvalue weighted by molar-refractivity contribution is 0.101. The summed E-state index contributed by atoms with van der Waals surface area (Å²) in [5.41, 5.74) is 2.04. The number of carbonyl (C=O) groups is 1. The third-order valence-electron chi connectivity index (χ3n) is 3.42. The second kappa shape index (κ2) is 6.60. The third-order valence-corrected chi connectivity index (χ3v) is 4.16. The van der Waals surface area contributed by atoms with Gasteiger partial charge in [0.2, 0.25) is 0 Å². The predicted octanol–water partition coefficient (Wildman–Crippen LogP) is 4.36. The fourth-order valence-electron chi connectivity index (χ4n) is 2.32. The summed E-state index contributed by atoms with van der Waals surface area (Å²) in [5, 5.41) is 3.40. The summed E-state index contributed by atoms with van der Waals surface area (Å²) in [6, 6.07) is 7.17. The van der Waals surface area contributed by atoms with Gasteiger partial charge in [0.05, 0.1) is 17.0 Å². The Morgan fingerprint density at radius 3 is 2.87 bits per heavy atom. The highest BCUT2D eigenvalue weighted by Gasteiger charge is 2.13. The van der Waals surface area contributed by atoms with E-state index in [9.17, 15) is 4.79 Å². The van der Waals surface area contributed by atoms with Crippen molar-refractivity contribution in [2.75, 3.05) is 5.32 Å². The van der Waals surface area contributed by atoms with Crippen LogP contribution in [0.4, 0.5) is 5.69 Å². The molecule has 3 aromatic rings. The van der Waals surface area contributed by atoms with Crippen molar-refractivity contribution in [3.63, 3.8) is 0 Å². The van der Waals surface area contributed by atoms with Crippen LogP contribution in [-0.2, 0) is 6.54 Å². The van der Waals surface area contributed by atoms with Gasteiger partial charge in [-0.25, -0.2) is 4.98 Å². The van der Waals surface area contributed by atoms with Gasteiger partial charge in [-0.2, -0.15) is 0 Å². The molecule has 0 aliphatic rings. The van der Waals surface area contributed by atoms with Crippen molar-refractivity contribution in [1.82, 2.24) is 14.1 Å². The van der Waals surface area contributed by atoms with E-state index in [1.807, 2.05) is 40.6 Å². The van der Waals surface area contributed by atoms with E-state index in [-0.39, 0.29) is 5.91 Å². The minimum Gasteiger partial charge on any atom is -0.343 e. The molecule has 118 valence electrons. The number of halogens is 2. The van der Waals surface area contributed by atoms with Gasteiger partial charge in [-0.1, -0.05) is 11.6 Å². The molecule has 1 amide bonds. The van der Waals surface area contributed by atoms with Gasteiger partial charge in [0.15, 0.2) is 0 Å². The van der Waals surface area contributed by atoms with Crippen LogP contribution in [-0.4, -0.2) is 20.0 Å². The molecule has 0 fully saturated rings. The number of rotatable bonds is 4. The van der Waals surface area contributed by atoms with Gasteiger partial charge < -0.3 is 14.5 Å². The van der Waals surface area contributed by atoms with E-state index in [4.69, 9.17) is 11.6 Å². The quantitative estimate of drug-likeness (QED) is 0.716. The number of hydrogen-bond acceptors (Lipinski definition) is 2. The number of hydrogen-bond donors (Lipinski definition) is 1. The number of amides is 1. The number of anilines is 1. The molecule has 0 aliphatic carbocycles. The van der Waals surface area contributed by atoms with Crippen LogP contribution in [0, 0.1) is 0 Å². The summed E-state index contributed by atoms with van der Waals surface area (Å²) in [6.07, 6.45) is 7.04. The van der Waals surface area contributed by atoms with Crippen molar-refractivity contribution in [2.45, 2.75) is 13.5 Å². The molecule has 0 aliphatic heterocycles. The van der Waals surface area contributed by atoms with E-state index in [2.05, 4.69) is 26.2 Å². The molecule has 3 rings (SSSR count). The van der Waals surface area contributed by atoms with Crippen molar-refractivity contribution in [2.24, 2.45) is 0 Å². The van der Waals surface area contributed by atoms with Crippen LogP contribution in [0.5, 0.6) is 0 Å². The molecule has 2 heterocycles. The Bertz CT molecular complexity index is 842. The fraction of sp³-hybridized carbons (Fsp3) is 0.125. The SMILES string of the molecule is CCn1cc(Br)cc1C(=O)Nc1ccc(-n2ccnc2)c(Cl)c1. The molecule has 0 spiro atoms. The molecule has 7 heteroatoms. The second-order valence-corrected chi connectivity index (χ2v) is 6.24. The number of nitrogens with one attached hydrogen (secondary N) is 1. The van der Waals surface area contributed by atoms with Crippen LogP contribution in [0.15, 0.2) is 53.7 Å². The predicted molar refractivity (Wildman–Crippen MR) is 94.3 cm³/mol. The lowest BCUT2D eigenvalue weighted by atomic mass is 10.2. The smallest absolute Gasteiger partial charge is 0.272 e. The van der Waals surface area contributed by atoms with E-state index >= 15 is 0 Å². The minimum atomic E-state index is -0.177. The molecular formula is C16H14BrClN4O. The molecule has 0 saturated carbocycles. The first-order valence-electron chi connectivity index (χ1n) is 7.03. The normalized spacial score (nSPS) is 10.7.